The van der Waals surface area contributed by atoms with E-state index in [0.29, 0.717) is 0 Å². The van der Waals surface area contributed by atoms with E-state index < -0.39 is 0 Å². The zero-order chi connectivity index (χ0) is 14.5. The molecule has 5 aromatic rings. The van der Waals surface area contributed by atoms with E-state index in [0.717, 1.165) is 32.6 Å². The molecule has 0 amide bonds. The van der Waals surface area contributed by atoms with Crippen LogP contribution in [0, 0.1) is 0 Å². The third-order valence-electron chi connectivity index (χ3n) is 4.32. The van der Waals surface area contributed by atoms with Gasteiger partial charge >= 0.3 is 0 Å². The van der Waals surface area contributed by atoms with E-state index >= 15 is 0 Å². The number of aromatic nitrogens is 2. The van der Waals surface area contributed by atoms with Crippen LogP contribution in [0.1, 0.15) is 0 Å². The van der Waals surface area contributed by atoms with Crippen molar-refractivity contribution in [2.24, 2.45) is 0 Å². The van der Waals surface area contributed by atoms with Crippen LogP contribution in [0.2, 0.25) is 0 Å². The van der Waals surface area contributed by atoms with Gasteiger partial charge in [-0.25, -0.2) is 0 Å². The van der Waals surface area contributed by atoms with Gasteiger partial charge in [-0.3, -0.25) is 9.97 Å². The number of pyridine rings is 2. The highest BCUT2D eigenvalue weighted by Gasteiger charge is 2.08. The van der Waals surface area contributed by atoms with Crippen LogP contribution < -0.4 is 0 Å². The Labute approximate surface area is 127 Å². The lowest BCUT2D eigenvalue weighted by Crippen LogP contribution is -1.88. The smallest absolute Gasteiger partial charge is 0.0971 e. The van der Waals surface area contributed by atoms with Crippen molar-refractivity contribution in [1.29, 1.82) is 0 Å². The molecule has 0 unspecified atom stereocenters. The summed E-state index contributed by atoms with van der Waals surface area (Å²) in [5.74, 6) is 0. The molecule has 3 aromatic carbocycles. The Morgan fingerprint density at radius 3 is 1.41 bits per heavy atom. The molecule has 0 aliphatic carbocycles. The monoisotopic (exact) mass is 280 g/mol. The third kappa shape index (κ3) is 1.49. The minimum Gasteiger partial charge on any atom is -0.253 e. The standard InChI is InChI=1S/C20H12N2/c1-3-7-15-13(5-1)11-21-19-17(15)9-10-18-16-8-4-2-6-14(16)12-22-20(18)19/h1-12H. The van der Waals surface area contributed by atoms with Gasteiger partial charge in [0.2, 0.25) is 0 Å². The van der Waals surface area contributed by atoms with Gasteiger partial charge in [0.25, 0.3) is 0 Å². The summed E-state index contributed by atoms with van der Waals surface area (Å²) in [4.78, 5) is 9.36. The summed E-state index contributed by atoms with van der Waals surface area (Å²) < 4.78 is 0. The second-order valence-electron chi connectivity index (χ2n) is 5.55. The summed E-state index contributed by atoms with van der Waals surface area (Å²) >= 11 is 0. The average molecular weight is 280 g/mol. The maximum atomic E-state index is 4.68. The maximum Gasteiger partial charge on any atom is 0.0971 e. The molecular weight excluding hydrogens is 268 g/mol. The highest BCUT2D eigenvalue weighted by Crippen LogP contribution is 2.31. The second kappa shape index (κ2) is 4.25. The van der Waals surface area contributed by atoms with Crippen molar-refractivity contribution in [2.45, 2.75) is 0 Å². The van der Waals surface area contributed by atoms with Crippen molar-refractivity contribution < 1.29 is 0 Å². The SMILES string of the molecule is c1ccc2c(c1)cnc1c2ccc2c3ccccc3cnc21. The Hall–Kier alpha value is -3.00. The highest BCUT2D eigenvalue weighted by molar-refractivity contribution is 6.18. The van der Waals surface area contributed by atoms with Gasteiger partial charge in [-0.2, -0.15) is 0 Å². The fourth-order valence-electron chi connectivity index (χ4n) is 3.25. The van der Waals surface area contributed by atoms with Crippen LogP contribution >= 0.6 is 0 Å². The summed E-state index contributed by atoms with van der Waals surface area (Å²) in [5.41, 5.74) is 1.95. The number of hydrogen-bond acceptors (Lipinski definition) is 2. The van der Waals surface area contributed by atoms with Gasteiger partial charge in [0.1, 0.15) is 0 Å². The van der Waals surface area contributed by atoms with Gasteiger partial charge in [-0.1, -0.05) is 60.7 Å². The molecule has 0 N–H and O–H groups in total. The molecule has 2 aromatic heterocycles. The maximum absolute atomic E-state index is 4.68. The Morgan fingerprint density at radius 1 is 0.455 bits per heavy atom. The summed E-state index contributed by atoms with van der Waals surface area (Å²) in [7, 11) is 0. The van der Waals surface area contributed by atoms with Crippen LogP contribution in [0.4, 0.5) is 0 Å². The lowest BCUT2D eigenvalue weighted by atomic mass is 10.0. The molecule has 5 rings (SSSR count). The summed E-state index contributed by atoms with van der Waals surface area (Å²) in [6.07, 6.45) is 3.88. The number of fused-ring (bicyclic) bond motifs is 7. The molecule has 22 heavy (non-hydrogen) atoms. The Bertz CT molecular complexity index is 1080. The molecular formula is C20H12N2. The van der Waals surface area contributed by atoms with Crippen molar-refractivity contribution in [1.82, 2.24) is 9.97 Å². The molecule has 0 aliphatic rings. The fourth-order valence-corrected chi connectivity index (χ4v) is 3.25. The van der Waals surface area contributed by atoms with E-state index in [2.05, 4.69) is 58.5 Å². The lowest BCUT2D eigenvalue weighted by Gasteiger charge is -2.08. The highest BCUT2D eigenvalue weighted by atomic mass is 14.7. The number of nitrogens with zero attached hydrogens (tertiary/aromatic N) is 2. The van der Waals surface area contributed by atoms with E-state index in [4.69, 9.17) is 0 Å². The van der Waals surface area contributed by atoms with Crippen LogP contribution in [0.5, 0.6) is 0 Å². The van der Waals surface area contributed by atoms with Crippen LogP contribution in [-0.4, -0.2) is 9.97 Å². The molecule has 0 bridgehead atoms. The molecule has 2 heteroatoms. The minimum absolute atomic E-state index is 0.974. The summed E-state index contributed by atoms with van der Waals surface area (Å²) in [6.45, 7) is 0. The van der Waals surface area contributed by atoms with Crippen LogP contribution in [0.3, 0.4) is 0 Å². The van der Waals surface area contributed by atoms with Crippen molar-refractivity contribution in [3.05, 3.63) is 73.1 Å². The Balaban J connectivity index is 2.04. The van der Waals surface area contributed by atoms with Crippen molar-refractivity contribution >= 4 is 43.4 Å². The lowest BCUT2D eigenvalue weighted by molar-refractivity contribution is 1.41. The van der Waals surface area contributed by atoms with E-state index in [1.807, 2.05) is 24.5 Å². The van der Waals surface area contributed by atoms with Gasteiger partial charge < -0.3 is 0 Å². The van der Waals surface area contributed by atoms with Gasteiger partial charge in [-0.15, -0.1) is 0 Å². The van der Waals surface area contributed by atoms with Crippen molar-refractivity contribution in [3.8, 4) is 0 Å². The normalized spacial score (nSPS) is 11.6. The van der Waals surface area contributed by atoms with Crippen molar-refractivity contribution in [3.63, 3.8) is 0 Å². The summed E-state index contributed by atoms with van der Waals surface area (Å²) in [6, 6.07) is 21.0. The largest absolute Gasteiger partial charge is 0.253 e. The first-order valence-corrected chi connectivity index (χ1v) is 7.36. The second-order valence-corrected chi connectivity index (χ2v) is 5.55. The molecule has 0 saturated carbocycles. The molecule has 0 spiro atoms. The number of benzene rings is 3. The predicted molar refractivity (Wildman–Crippen MR) is 92.1 cm³/mol. The minimum atomic E-state index is 0.974. The molecule has 0 aliphatic heterocycles. The Kier molecular flexibility index (Phi) is 2.25. The van der Waals surface area contributed by atoms with Crippen LogP contribution in [-0.2, 0) is 0 Å². The molecule has 102 valence electrons. The van der Waals surface area contributed by atoms with E-state index in [9.17, 15) is 0 Å². The molecule has 2 heterocycles. The summed E-state index contributed by atoms with van der Waals surface area (Å²) in [5, 5.41) is 7.10. The van der Waals surface area contributed by atoms with Gasteiger partial charge in [0.15, 0.2) is 0 Å². The van der Waals surface area contributed by atoms with E-state index in [-0.39, 0.29) is 0 Å². The average Bonchev–Trinajstić information content (AvgIpc) is 2.60. The van der Waals surface area contributed by atoms with Crippen LogP contribution in [0.25, 0.3) is 43.4 Å². The quantitative estimate of drug-likeness (QED) is 0.369. The zero-order valence-corrected chi connectivity index (χ0v) is 11.8. The van der Waals surface area contributed by atoms with Crippen LogP contribution in [0.15, 0.2) is 73.1 Å². The third-order valence-corrected chi connectivity index (χ3v) is 4.32. The zero-order valence-electron chi connectivity index (χ0n) is 11.8. The predicted octanol–water partition coefficient (Wildman–Crippen LogP) is 5.09. The molecule has 0 fully saturated rings. The molecule has 0 atom stereocenters. The first kappa shape index (κ1) is 11.6. The molecule has 0 radical (unpaired) electrons. The first-order chi connectivity index (χ1) is 10.9. The number of hydrogen-bond donors (Lipinski definition) is 0. The molecule has 2 nitrogen and oxygen atoms in total. The molecule has 0 saturated heterocycles. The Morgan fingerprint density at radius 2 is 0.909 bits per heavy atom. The number of rotatable bonds is 0. The van der Waals surface area contributed by atoms with E-state index in [1.54, 1.807) is 0 Å². The fraction of sp³-hybridized carbons (Fsp3) is 0. The first-order valence-electron chi connectivity index (χ1n) is 7.36. The van der Waals surface area contributed by atoms with E-state index in [1.165, 1.54) is 10.8 Å². The van der Waals surface area contributed by atoms with Gasteiger partial charge in [0.05, 0.1) is 11.0 Å². The topological polar surface area (TPSA) is 25.8 Å². The van der Waals surface area contributed by atoms with Gasteiger partial charge in [0, 0.05) is 33.9 Å². The van der Waals surface area contributed by atoms with Crippen molar-refractivity contribution in [2.75, 3.05) is 0 Å². The van der Waals surface area contributed by atoms with Gasteiger partial charge in [-0.05, 0) is 10.8 Å².